The Kier molecular flexibility index (Phi) is 6.55. The molecule has 0 saturated carbocycles. The number of anilines is 2. The maximum Gasteiger partial charge on any atom is 0.266 e. The first-order valence-electron chi connectivity index (χ1n) is 9.63. The van der Waals surface area contributed by atoms with E-state index in [1.807, 2.05) is 11.9 Å². The van der Waals surface area contributed by atoms with E-state index in [0.717, 1.165) is 26.1 Å². The van der Waals surface area contributed by atoms with Crippen molar-refractivity contribution in [1.82, 2.24) is 9.88 Å². The quantitative estimate of drug-likeness (QED) is 0.504. The van der Waals surface area contributed by atoms with Gasteiger partial charge in [-0.2, -0.15) is 0 Å². The molecule has 1 atom stereocenters. The van der Waals surface area contributed by atoms with Crippen LogP contribution in [0.5, 0.6) is 0 Å². The SMILES string of the molecule is Cc1ccc(CN2CCC(N(C)c3cc(F)c(S(=O)(=O)Nc4cscn4)cc3Cl)C2)s1. The number of hydrogen-bond donors (Lipinski definition) is 1. The van der Waals surface area contributed by atoms with Gasteiger partial charge < -0.3 is 4.90 Å². The molecule has 0 radical (unpaired) electrons. The fourth-order valence-electron chi connectivity index (χ4n) is 3.71. The van der Waals surface area contributed by atoms with Crippen LogP contribution in [0.3, 0.4) is 0 Å². The largest absolute Gasteiger partial charge is 0.369 e. The number of likely N-dealkylation sites (tertiary alicyclic amines) is 1. The molecule has 0 bridgehead atoms. The highest BCUT2D eigenvalue weighted by atomic mass is 35.5. The maximum absolute atomic E-state index is 14.8. The standard InChI is InChI=1S/C20H22ClFN4O2S3/c1-13-3-4-15(30-13)10-26-6-5-14(9-26)25(2)18-8-17(22)19(7-16(18)21)31(27,28)24-20-11-29-12-23-20/h3-4,7-8,11-12,14,24H,5-6,9-10H2,1-2H3. The fraction of sp³-hybridized carbons (Fsp3) is 0.350. The lowest BCUT2D eigenvalue weighted by atomic mass is 10.2. The molecule has 1 aliphatic rings. The molecule has 0 amide bonds. The van der Waals surface area contributed by atoms with E-state index >= 15 is 0 Å². The summed E-state index contributed by atoms with van der Waals surface area (Å²) in [5.41, 5.74) is 1.97. The summed E-state index contributed by atoms with van der Waals surface area (Å²) >= 11 is 9.44. The van der Waals surface area contributed by atoms with Gasteiger partial charge in [-0.1, -0.05) is 11.6 Å². The average molecular weight is 501 g/mol. The second-order valence-electron chi connectivity index (χ2n) is 7.51. The van der Waals surface area contributed by atoms with Crippen LogP contribution >= 0.6 is 34.3 Å². The van der Waals surface area contributed by atoms with Crippen molar-refractivity contribution in [2.75, 3.05) is 29.8 Å². The van der Waals surface area contributed by atoms with E-state index in [-0.39, 0.29) is 16.9 Å². The van der Waals surface area contributed by atoms with Gasteiger partial charge in [0.05, 0.1) is 16.2 Å². The van der Waals surface area contributed by atoms with Gasteiger partial charge in [0, 0.05) is 53.9 Å². The summed E-state index contributed by atoms with van der Waals surface area (Å²) in [4.78, 5) is 10.3. The number of nitrogens with zero attached hydrogens (tertiary/aromatic N) is 3. The number of aromatic nitrogens is 1. The minimum atomic E-state index is -4.13. The first-order chi connectivity index (χ1) is 14.7. The summed E-state index contributed by atoms with van der Waals surface area (Å²) in [6, 6.07) is 6.80. The van der Waals surface area contributed by atoms with E-state index in [9.17, 15) is 12.8 Å². The molecule has 2 aromatic heterocycles. The summed E-state index contributed by atoms with van der Waals surface area (Å²) in [5.74, 6) is -0.702. The van der Waals surface area contributed by atoms with Gasteiger partial charge in [0.15, 0.2) is 5.82 Å². The van der Waals surface area contributed by atoms with Crippen molar-refractivity contribution in [3.8, 4) is 0 Å². The number of likely N-dealkylation sites (N-methyl/N-ethyl adjacent to an activating group) is 1. The average Bonchev–Trinajstić information content (AvgIpc) is 3.46. The van der Waals surface area contributed by atoms with Crippen molar-refractivity contribution in [1.29, 1.82) is 0 Å². The number of rotatable bonds is 7. The zero-order chi connectivity index (χ0) is 22.2. The number of hydrogen-bond acceptors (Lipinski definition) is 7. The number of sulfonamides is 1. The van der Waals surface area contributed by atoms with Gasteiger partial charge in [-0.05, 0) is 31.5 Å². The van der Waals surface area contributed by atoms with Crippen molar-refractivity contribution >= 4 is 55.8 Å². The van der Waals surface area contributed by atoms with Gasteiger partial charge in [-0.3, -0.25) is 9.62 Å². The topological polar surface area (TPSA) is 65.5 Å². The van der Waals surface area contributed by atoms with Crippen LogP contribution < -0.4 is 9.62 Å². The van der Waals surface area contributed by atoms with Gasteiger partial charge in [-0.25, -0.2) is 17.8 Å². The van der Waals surface area contributed by atoms with Crippen molar-refractivity contribution in [3.63, 3.8) is 0 Å². The molecule has 0 aliphatic carbocycles. The summed E-state index contributed by atoms with van der Waals surface area (Å²) in [6.07, 6.45) is 0.921. The molecule has 1 N–H and O–H groups in total. The molecule has 6 nitrogen and oxygen atoms in total. The monoisotopic (exact) mass is 500 g/mol. The van der Waals surface area contributed by atoms with Crippen LogP contribution in [-0.4, -0.2) is 44.5 Å². The van der Waals surface area contributed by atoms with Crippen molar-refractivity contribution in [3.05, 3.63) is 55.8 Å². The Labute approximate surface area is 194 Å². The fourth-order valence-corrected chi connectivity index (χ4v) is 6.65. The van der Waals surface area contributed by atoms with Crippen LogP contribution in [0, 0.1) is 12.7 Å². The zero-order valence-electron chi connectivity index (χ0n) is 17.0. The second-order valence-corrected chi connectivity index (χ2v) is 11.7. The van der Waals surface area contributed by atoms with Gasteiger partial charge in [0.2, 0.25) is 0 Å². The molecule has 1 aromatic carbocycles. The number of benzene rings is 1. The molecule has 1 aliphatic heterocycles. The van der Waals surface area contributed by atoms with E-state index < -0.39 is 20.7 Å². The Balaban J connectivity index is 1.49. The van der Waals surface area contributed by atoms with Crippen molar-refractivity contribution in [2.24, 2.45) is 0 Å². The molecule has 0 spiro atoms. The third kappa shape index (κ3) is 5.04. The molecule has 166 valence electrons. The summed E-state index contributed by atoms with van der Waals surface area (Å²) < 4.78 is 42.2. The second kappa shape index (κ2) is 9.03. The Morgan fingerprint density at radius 3 is 2.87 bits per heavy atom. The number of halogens is 2. The highest BCUT2D eigenvalue weighted by Crippen LogP contribution is 2.34. The molecule has 31 heavy (non-hydrogen) atoms. The van der Waals surface area contributed by atoms with E-state index in [1.54, 1.807) is 11.3 Å². The predicted octanol–water partition coefficient (Wildman–Crippen LogP) is 4.82. The van der Waals surface area contributed by atoms with E-state index in [0.29, 0.717) is 5.69 Å². The number of thiazole rings is 1. The third-order valence-electron chi connectivity index (χ3n) is 5.31. The molecule has 3 heterocycles. The van der Waals surface area contributed by atoms with Gasteiger partial charge >= 0.3 is 0 Å². The van der Waals surface area contributed by atoms with Crippen molar-refractivity contribution < 1.29 is 12.8 Å². The lowest BCUT2D eigenvalue weighted by molar-refractivity contribution is 0.329. The van der Waals surface area contributed by atoms with Crippen LogP contribution in [0.2, 0.25) is 5.02 Å². The maximum atomic E-state index is 14.8. The zero-order valence-corrected chi connectivity index (χ0v) is 20.2. The third-order valence-corrected chi connectivity index (χ3v) is 8.56. The Morgan fingerprint density at radius 2 is 2.19 bits per heavy atom. The lowest BCUT2D eigenvalue weighted by Crippen LogP contribution is -2.34. The summed E-state index contributed by atoms with van der Waals surface area (Å²) in [6.45, 7) is 4.76. The van der Waals surface area contributed by atoms with Crippen molar-refractivity contribution in [2.45, 2.75) is 30.8 Å². The van der Waals surface area contributed by atoms with E-state index in [2.05, 4.69) is 33.7 Å². The summed E-state index contributed by atoms with van der Waals surface area (Å²) in [5, 5.41) is 1.72. The Morgan fingerprint density at radius 1 is 1.39 bits per heavy atom. The highest BCUT2D eigenvalue weighted by molar-refractivity contribution is 7.92. The van der Waals surface area contributed by atoms with Crippen LogP contribution in [-0.2, 0) is 16.6 Å². The Bertz CT molecular complexity index is 1170. The molecule has 1 fully saturated rings. The van der Waals surface area contributed by atoms with Crippen LogP contribution in [0.15, 0.2) is 40.1 Å². The molecule has 11 heteroatoms. The normalized spacial score (nSPS) is 17.2. The van der Waals surface area contributed by atoms with E-state index in [4.69, 9.17) is 11.6 Å². The molecule has 1 unspecified atom stereocenters. The first kappa shape index (κ1) is 22.5. The highest BCUT2D eigenvalue weighted by Gasteiger charge is 2.29. The van der Waals surface area contributed by atoms with Gasteiger partial charge in [-0.15, -0.1) is 22.7 Å². The number of thiophene rings is 1. The Hall–Kier alpha value is -1.72. The minimum Gasteiger partial charge on any atom is -0.369 e. The molecule has 3 aromatic rings. The minimum absolute atomic E-state index is 0.147. The predicted molar refractivity (Wildman–Crippen MR) is 125 cm³/mol. The molecule has 4 rings (SSSR count). The molecular formula is C20H22ClFN4O2S3. The van der Waals surface area contributed by atoms with Crippen LogP contribution in [0.1, 0.15) is 16.2 Å². The van der Waals surface area contributed by atoms with Crippen LogP contribution in [0.4, 0.5) is 15.9 Å². The smallest absolute Gasteiger partial charge is 0.266 e. The van der Waals surface area contributed by atoms with E-state index in [1.165, 1.54) is 44.1 Å². The molecular weight excluding hydrogens is 479 g/mol. The summed E-state index contributed by atoms with van der Waals surface area (Å²) in [7, 11) is -2.26. The van der Waals surface area contributed by atoms with Gasteiger partial charge in [0.25, 0.3) is 10.0 Å². The molecule has 1 saturated heterocycles. The van der Waals surface area contributed by atoms with Crippen LogP contribution in [0.25, 0.3) is 0 Å². The number of aryl methyl sites for hydroxylation is 1. The van der Waals surface area contributed by atoms with Gasteiger partial charge in [0.1, 0.15) is 10.7 Å². The number of nitrogens with one attached hydrogen (secondary N) is 1. The lowest BCUT2D eigenvalue weighted by Gasteiger charge is -2.28. The first-order valence-corrected chi connectivity index (χ1v) is 13.3.